The molecule has 0 aliphatic rings. The van der Waals surface area contributed by atoms with Crippen LogP contribution in [0, 0.1) is 0 Å². The molecular formula is C14H22N2O3S. The molecule has 1 amide bonds. The van der Waals surface area contributed by atoms with Crippen LogP contribution in [0.1, 0.15) is 32.4 Å². The highest BCUT2D eigenvalue weighted by atomic mass is 32.2. The number of benzene rings is 1. The SMILES string of the molecule is CCNC(C)c1cccc(NC(=O)C(C)S(C)(=O)=O)c1. The lowest BCUT2D eigenvalue weighted by atomic mass is 10.1. The standard InChI is InChI=1S/C14H22N2O3S/c1-5-15-10(2)12-7-6-8-13(9-12)16-14(17)11(3)20(4,18)19/h6-11,15H,5H2,1-4H3,(H,16,17). The van der Waals surface area contributed by atoms with Crippen molar-refractivity contribution in [1.82, 2.24) is 5.32 Å². The Morgan fingerprint density at radius 2 is 1.95 bits per heavy atom. The fourth-order valence-electron chi connectivity index (χ4n) is 1.75. The van der Waals surface area contributed by atoms with E-state index in [1.54, 1.807) is 6.07 Å². The highest BCUT2D eigenvalue weighted by molar-refractivity contribution is 7.92. The molecule has 1 rings (SSSR count). The Bertz CT molecular complexity index is 570. The summed E-state index contributed by atoms with van der Waals surface area (Å²) in [6.07, 6.45) is 1.06. The Balaban J connectivity index is 2.84. The maximum absolute atomic E-state index is 11.9. The number of rotatable bonds is 6. The highest BCUT2D eigenvalue weighted by Crippen LogP contribution is 2.17. The maximum Gasteiger partial charge on any atom is 0.242 e. The van der Waals surface area contributed by atoms with Crippen LogP contribution >= 0.6 is 0 Å². The van der Waals surface area contributed by atoms with Crippen molar-refractivity contribution in [3.05, 3.63) is 29.8 Å². The molecule has 0 aliphatic heterocycles. The summed E-state index contributed by atoms with van der Waals surface area (Å²) in [5, 5.41) is 4.86. The first kappa shape index (κ1) is 16.7. The Labute approximate surface area is 120 Å². The lowest BCUT2D eigenvalue weighted by Crippen LogP contribution is -2.31. The van der Waals surface area contributed by atoms with Gasteiger partial charge in [0.1, 0.15) is 5.25 Å². The van der Waals surface area contributed by atoms with Gasteiger partial charge in [-0.05, 0) is 38.1 Å². The Kier molecular flexibility index (Phi) is 5.71. The van der Waals surface area contributed by atoms with Gasteiger partial charge in [0, 0.05) is 18.0 Å². The van der Waals surface area contributed by atoms with E-state index < -0.39 is 21.0 Å². The first-order chi connectivity index (χ1) is 9.25. The lowest BCUT2D eigenvalue weighted by molar-refractivity contribution is -0.115. The first-order valence-corrected chi connectivity index (χ1v) is 8.54. The Morgan fingerprint density at radius 1 is 1.30 bits per heavy atom. The van der Waals surface area contributed by atoms with E-state index >= 15 is 0 Å². The lowest BCUT2D eigenvalue weighted by Gasteiger charge is -2.15. The van der Waals surface area contributed by atoms with Crippen LogP contribution in [0.5, 0.6) is 0 Å². The van der Waals surface area contributed by atoms with Gasteiger partial charge in [0.05, 0.1) is 0 Å². The van der Waals surface area contributed by atoms with Gasteiger partial charge in [-0.1, -0.05) is 19.1 Å². The maximum atomic E-state index is 11.9. The molecule has 1 aromatic rings. The van der Waals surface area contributed by atoms with Crippen LogP contribution in [0.2, 0.25) is 0 Å². The van der Waals surface area contributed by atoms with Gasteiger partial charge in [0.15, 0.2) is 9.84 Å². The van der Waals surface area contributed by atoms with Crippen molar-refractivity contribution in [2.45, 2.75) is 32.1 Å². The highest BCUT2D eigenvalue weighted by Gasteiger charge is 2.23. The second-order valence-corrected chi connectivity index (χ2v) is 7.23. The summed E-state index contributed by atoms with van der Waals surface area (Å²) in [6, 6.07) is 7.56. The third kappa shape index (κ3) is 4.61. The quantitative estimate of drug-likeness (QED) is 0.838. The van der Waals surface area contributed by atoms with Crippen LogP contribution in [-0.2, 0) is 14.6 Å². The molecule has 0 fully saturated rings. The molecule has 0 heterocycles. The summed E-state index contributed by atoms with van der Waals surface area (Å²) < 4.78 is 22.7. The van der Waals surface area contributed by atoms with Crippen LogP contribution in [-0.4, -0.2) is 32.4 Å². The summed E-state index contributed by atoms with van der Waals surface area (Å²) >= 11 is 0. The second-order valence-electron chi connectivity index (χ2n) is 4.87. The van der Waals surface area contributed by atoms with Gasteiger partial charge in [-0.3, -0.25) is 4.79 Å². The topological polar surface area (TPSA) is 75.3 Å². The summed E-state index contributed by atoms with van der Waals surface area (Å²) in [5.74, 6) is -0.513. The van der Waals surface area contributed by atoms with Gasteiger partial charge in [0.25, 0.3) is 0 Å². The predicted molar refractivity (Wildman–Crippen MR) is 81.5 cm³/mol. The van der Waals surface area contributed by atoms with E-state index in [1.165, 1.54) is 6.92 Å². The molecular weight excluding hydrogens is 276 g/mol. The van der Waals surface area contributed by atoms with Crippen LogP contribution in [0.4, 0.5) is 5.69 Å². The van der Waals surface area contributed by atoms with Gasteiger partial charge in [-0.2, -0.15) is 0 Å². The van der Waals surface area contributed by atoms with Crippen molar-refractivity contribution in [2.24, 2.45) is 0 Å². The predicted octanol–water partition coefficient (Wildman–Crippen LogP) is 1.73. The summed E-state index contributed by atoms with van der Waals surface area (Å²) in [6.45, 7) is 6.29. The van der Waals surface area contributed by atoms with Gasteiger partial charge >= 0.3 is 0 Å². The fourth-order valence-corrected chi connectivity index (χ4v) is 2.20. The molecule has 6 heteroatoms. The smallest absolute Gasteiger partial charge is 0.242 e. The number of hydrogen-bond acceptors (Lipinski definition) is 4. The second kappa shape index (κ2) is 6.85. The molecule has 20 heavy (non-hydrogen) atoms. The molecule has 0 saturated heterocycles. The molecule has 0 radical (unpaired) electrons. The van der Waals surface area contributed by atoms with E-state index in [4.69, 9.17) is 0 Å². The van der Waals surface area contributed by atoms with E-state index in [-0.39, 0.29) is 6.04 Å². The largest absolute Gasteiger partial charge is 0.325 e. The molecule has 1 aromatic carbocycles. The fraction of sp³-hybridized carbons (Fsp3) is 0.500. The number of sulfone groups is 1. The van der Waals surface area contributed by atoms with E-state index in [9.17, 15) is 13.2 Å². The van der Waals surface area contributed by atoms with E-state index in [0.29, 0.717) is 5.69 Å². The van der Waals surface area contributed by atoms with Gasteiger partial charge in [-0.15, -0.1) is 0 Å². The van der Waals surface area contributed by atoms with Crippen LogP contribution < -0.4 is 10.6 Å². The average Bonchev–Trinajstić information content (AvgIpc) is 2.37. The number of amides is 1. The summed E-state index contributed by atoms with van der Waals surface area (Å²) in [7, 11) is -3.38. The van der Waals surface area contributed by atoms with E-state index in [2.05, 4.69) is 10.6 Å². The molecule has 0 saturated carbocycles. The minimum atomic E-state index is -3.38. The van der Waals surface area contributed by atoms with Crippen LogP contribution in [0.15, 0.2) is 24.3 Å². The van der Waals surface area contributed by atoms with Crippen molar-refractivity contribution >= 4 is 21.4 Å². The van der Waals surface area contributed by atoms with Gasteiger partial charge < -0.3 is 10.6 Å². The number of nitrogens with one attached hydrogen (secondary N) is 2. The molecule has 2 N–H and O–H groups in total. The molecule has 112 valence electrons. The number of hydrogen-bond donors (Lipinski definition) is 2. The summed E-state index contributed by atoms with van der Waals surface area (Å²) in [5.41, 5.74) is 1.64. The van der Waals surface area contributed by atoms with Crippen LogP contribution in [0.25, 0.3) is 0 Å². The van der Waals surface area contributed by atoms with Crippen molar-refractivity contribution < 1.29 is 13.2 Å². The third-order valence-electron chi connectivity index (χ3n) is 3.18. The van der Waals surface area contributed by atoms with E-state index in [1.807, 2.05) is 32.0 Å². The van der Waals surface area contributed by atoms with Crippen molar-refractivity contribution in [3.63, 3.8) is 0 Å². The molecule has 5 nitrogen and oxygen atoms in total. The van der Waals surface area contributed by atoms with Crippen molar-refractivity contribution in [3.8, 4) is 0 Å². The number of anilines is 1. The summed E-state index contributed by atoms with van der Waals surface area (Å²) in [4.78, 5) is 11.9. The Morgan fingerprint density at radius 3 is 2.50 bits per heavy atom. The monoisotopic (exact) mass is 298 g/mol. The number of carbonyl (C=O) groups excluding carboxylic acids is 1. The first-order valence-electron chi connectivity index (χ1n) is 6.58. The minimum Gasteiger partial charge on any atom is -0.325 e. The number of carbonyl (C=O) groups is 1. The van der Waals surface area contributed by atoms with Crippen LogP contribution in [0.3, 0.4) is 0 Å². The molecule has 0 spiro atoms. The molecule has 2 atom stereocenters. The zero-order valence-electron chi connectivity index (χ0n) is 12.3. The average molecular weight is 298 g/mol. The van der Waals surface area contributed by atoms with E-state index in [0.717, 1.165) is 18.4 Å². The molecule has 0 aliphatic carbocycles. The molecule has 2 unspecified atom stereocenters. The van der Waals surface area contributed by atoms with Gasteiger partial charge in [-0.25, -0.2) is 8.42 Å². The Hall–Kier alpha value is -1.40. The zero-order valence-corrected chi connectivity index (χ0v) is 13.1. The van der Waals surface area contributed by atoms with Crippen molar-refractivity contribution in [2.75, 3.05) is 18.1 Å². The molecule has 0 bridgehead atoms. The van der Waals surface area contributed by atoms with Gasteiger partial charge in [0.2, 0.25) is 5.91 Å². The molecule has 0 aromatic heterocycles. The minimum absolute atomic E-state index is 0.171. The van der Waals surface area contributed by atoms with Crippen molar-refractivity contribution in [1.29, 1.82) is 0 Å². The zero-order chi connectivity index (χ0) is 15.3. The normalized spacial score (nSPS) is 14.6. The third-order valence-corrected chi connectivity index (χ3v) is 4.67.